The van der Waals surface area contributed by atoms with Crippen LogP contribution in [0.3, 0.4) is 0 Å². The molecule has 0 atom stereocenters. The molecule has 0 saturated heterocycles. The molecule has 1 heteroatoms. The molecule has 0 bridgehead atoms. The van der Waals surface area contributed by atoms with Crippen LogP contribution in [0.2, 0.25) is 0 Å². The Balaban J connectivity index is 2.13. The Morgan fingerprint density at radius 3 is 2.30 bits per heavy atom. The van der Waals surface area contributed by atoms with Crippen molar-refractivity contribution in [1.29, 1.82) is 0 Å². The quantitative estimate of drug-likeness (QED) is 0.575. The highest BCUT2D eigenvalue weighted by Crippen LogP contribution is 2.27. The third-order valence-electron chi connectivity index (χ3n) is 2.54. The van der Waals surface area contributed by atoms with E-state index >= 15 is 0 Å². The van der Waals surface area contributed by atoms with Gasteiger partial charge in [-0.1, -0.05) is 19.8 Å². The van der Waals surface area contributed by atoms with Crippen LogP contribution in [0.4, 0.5) is 0 Å². The third kappa shape index (κ3) is 2.30. The molecule has 0 radical (unpaired) electrons. The zero-order valence-corrected chi connectivity index (χ0v) is 7.10. The molecule has 0 heterocycles. The molecule has 0 amide bonds. The van der Waals surface area contributed by atoms with E-state index in [9.17, 15) is 0 Å². The largest absolute Gasteiger partial charge is 0.384 e. The summed E-state index contributed by atoms with van der Waals surface area (Å²) >= 11 is 0. The maximum absolute atomic E-state index is 5.12. The van der Waals surface area contributed by atoms with Gasteiger partial charge >= 0.3 is 0 Å². The molecule has 0 aromatic heterocycles. The summed E-state index contributed by atoms with van der Waals surface area (Å²) in [6.07, 6.45) is 5.59. The minimum absolute atomic E-state index is 0.862. The van der Waals surface area contributed by atoms with E-state index in [4.69, 9.17) is 4.74 Å². The molecule has 0 aromatic rings. The lowest BCUT2D eigenvalue weighted by atomic mass is 9.83. The maximum atomic E-state index is 5.12. The highest BCUT2D eigenvalue weighted by atomic mass is 16.5. The monoisotopic (exact) mass is 142 g/mol. The van der Waals surface area contributed by atoms with Crippen molar-refractivity contribution in [2.45, 2.75) is 32.6 Å². The van der Waals surface area contributed by atoms with Gasteiger partial charge in [-0.3, -0.25) is 0 Å². The van der Waals surface area contributed by atoms with E-state index in [1.807, 2.05) is 0 Å². The molecule has 0 N–H and O–H groups in total. The van der Waals surface area contributed by atoms with Crippen LogP contribution in [-0.2, 0) is 4.74 Å². The molecule has 10 heavy (non-hydrogen) atoms. The molecular formula is C9H18O. The Labute approximate surface area is 63.8 Å². The van der Waals surface area contributed by atoms with Gasteiger partial charge in [0.1, 0.15) is 0 Å². The summed E-state index contributed by atoms with van der Waals surface area (Å²) in [5.74, 6) is 1.83. The highest BCUT2D eigenvalue weighted by molar-refractivity contribution is 4.69. The Morgan fingerprint density at radius 1 is 1.20 bits per heavy atom. The molecule has 1 aliphatic rings. The summed E-state index contributed by atoms with van der Waals surface area (Å²) in [7, 11) is 1.80. The van der Waals surface area contributed by atoms with Crippen LogP contribution in [0.25, 0.3) is 0 Å². The van der Waals surface area contributed by atoms with E-state index in [-0.39, 0.29) is 0 Å². The fraction of sp³-hybridized carbons (Fsp3) is 1.00. The molecule has 0 spiro atoms. The molecular weight excluding hydrogens is 124 g/mol. The van der Waals surface area contributed by atoms with Gasteiger partial charge in [0.15, 0.2) is 0 Å². The minimum Gasteiger partial charge on any atom is -0.384 e. The molecule has 1 saturated carbocycles. The van der Waals surface area contributed by atoms with Crippen molar-refractivity contribution in [2.24, 2.45) is 11.8 Å². The second-order valence-electron chi connectivity index (χ2n) is 3.58. The van der Waals surface area contributed by atoms with Gasteiger partial charge in [0.25, 0.3) is 0 Å². The van der Waals surface area contributed by atoms with Gasteiger partial charge in [-0.25, -0.2) is 0 Å². The van der Waals surface area contributed by atoms with Crippen molar-refractivity contribution in [3.05, 3.63) is 0 Å². The van der Waals surface area contributed by atoms with Gasteiger partial charge in [0.05, 0.1) is 0 Å². The summed E-state index contributed by atoms with van der Waals surface area (Å²) in [6.45, 7) is 3.33. The van der Waals surface area contributed by atoms with Gasteiger partial charge in [-0.15, -0.1) is 0 Å². The molecule has 0 aliphatic heterocycles. The fourth-order valence-electron chi connectivity index (χ4n) is 1.73. The highest BCUT2D eigenvalue weighted by Gasteiger charge is 2.17. The summed E-state index contributed by atoms with van der Waals surface area (Å²) < 4.78 is 5.12. The van der Waals surface area contributed by atoms with Gasteiger partial charge in [0, 0.05) is 13.7 Å². The van der Waals surface area contributed by atoms with E-state index in [0.29, 0.717) is 0 Å². The topological polar surface area (TPSA) is 9.23 Å². The third-order valence-corrected chi connectivity index (χ3v) is 2.54. The molecule has 0 unspecified atom stereocenters. The van der Waals surface area contributed by atoms with Crippen molar-refractivity contribution in [3.63, 3.8) is 0 Å². The Morgan fingerprint density at radius 2 is 1.80 bits per heavy atom. The Bertz CT molecular complexity index is 82.7. The Hall–Kier alpha value is -0.0400. The van der Waals surface area contributed by atoms with Crippen LogP contribution < -0.4 is 0 Å². The van der Waals surface area contributed by atoms with Crippen molar-refractivity contribution in [1.82, 2.24) is 0 Å². The number of hydrogen-bond acceptors (Lipinski definition) is 1. The lowest BCUT2D eigenvalue weighted by Gasteiger charge is -2.25. The fourth-order valence-corrected chi connectivity index (χ4v) is 1.73. The van der Waals surface area contributed by atoms with E-state index in [2.05, 4.69) is 6.92 Å². The molecule has 1 rings (SSSR count). The second-order valence-corrected chi connectivity index (χ2v) is 3.58. The summed E-state index contributed by atoms with van der Waals surface area (Å²) in [5, 5.41) is 0. The normalized spacial score (nSPS) is 34.2. The smallest absolute Gasteiger partial charge is 0.0490 e. The standard InChI is InChI=1S/C9H18O/c1-8-3-5-9(6-4-8)7-10-2/h8-9H,3-7H2,1-2H3/t8-,9-. The number of ether oxygens (including phenoxy) is 1. The number of methoxy groups -OCH3 is 1. The van der Waals surface area contributed by atoms with Gasteiger partial charge in [-0.05, 0) is 24.7 Å². The maximum Gasteiger partial charge on any atom is 0.0490 e. The van der Waals surface area contributed by atoms with Crippen LogP contribution in [0.15, 0.2) is 0 Å². The average Bonchev–Trinajstić information content (AvgIpc) is 1.95. The van der Waals surface area contributed by atoms with Gasteiger partial charge in [-0.2, -0.15) is 0 Å². The van der Waals surface area contributed by atoms with Crippen LogP contribution in [0, 0.1) is 11.8 Å². The first-order chi connectivity index (χ1) is 4.83. The SMILES string of the molecule is COC[C@H]1CC[C@H](C)CC1. The second kappa shape index (κ2) is 3.97. The van der Waals surface area contributed by atoms with E-state index in [1.54, 1.807) is 7.11 Å². The van der Waals surface area contributed by atoms with Gasteiger partial charge in [0.2, 0.25) is 0 Å². The molecule has 1 nitrogen and oxygen atoms in total. The minimum atomic E-state index is 0.862. The van der Waals surface area contributed by atoms with E-state index < -0.39 is 0 Å². The predicted octanol–water partition coefficient (Wildman–Crippen LogP) is 2.46. The van der Waals surface area contributed by atoms with Gasteiger partial charge < -0.3 is 4.74 Å². The first kappa shape index (κ1) is 8.06. The molecule has 60 valence electrons. The lowest BCUT2D eigenvalue weighted by molar-refractivity contribution is 0.121. The average molecular weight is 142 g/mol. The van der Waals surface area contributed by atoms with Crippen LogP contribution in [-0.4, -0.2) is 13.7 Å². The summed E-state index contributed by atoms with van der Waals surface area (Å²) in [4.78, 5) is 0. The predicted molar refractivity (Wildman–Crippen MR) is 43.0 cm³/mol. The van der Waals surface area contributed by atoms with Crippen LogP contribution in [0.5, 0.6) is 0 Å². The first-order valence-corrected chi connectivity index (χ1v) is 4.32. The number of hydrogen-bond donors (Lipinski definition) is 0. The zero-order valence-electron chi connectivity index (χ0n) is 7.10. The summed E-state index contributed by atoms with van der Waals surface area (Å²) in [5.41, 5.74) is 0. The van der Waals surface area contributed by atoms with Crippen molar-refractivity contribution >= 4 is 0 Å². The van der Waals surface area contributed by atoms with E-state index in [0.717, 1.165) is 18.4 Å². The van der Waals surface area contributed by atoms with Crippen LogP contribution in [0.1, 0.15) is 32.6 Å². The Kier molecular flexibility index (Phi) is 3.20. The van der Waals surface area contributed by atoms with Crippen molar-refractivity contribution in [2.75, 3.05) is 13.7 Å². The molecule has 1 aliphatic carbocycles. The van der Waals surface area contributed by atoms with E-state index in [1.165, 1.54) is 25.7 Å². The van der Waals surface area contributed by atoms with Crippen LogP contribution >= 0.6 is 0 Å². The zero-order chi connectivity index (χ0) is 7.40. The number of rotatable bonds is 2. The summed E-state index contributed by atoms with van der Waals surface area (Å²) in [6, 6.07) is 0. The van der Waals surface area contributed by atoms with Crippen molar-refractivity contribution in [3.8, 4) is 0 Å². The first-order valence-electron chi connectivity index (χ1n) is 4.32. The molecule has 1 fully saturated rings. The molecule has 0 aromatic carbocycles. The lowest BCUT2D eigenvalue weighted by Crippen LogP contribution is -2.16. The van der Waals surface area contributed by atoms with Crippen molar-refractivity contribution < 1.29 is 4.74 Å².